The molecule has 0 radical (unpaired) electrons. The number of anilines is 2. The minimum absolute atomic E-state index is 0.137. The number of hydrogen-bond acceptors (Lipinski definition) is 9. The Morgan fingerprint density at radius 3 is 2.76 bits per heavy atom. The van der Waals surface area contributed by atoms with Gasteiger partial charge in [0.1, 0.15) is 5.76 Å². The van der Waals surface area contributed by atoms with Crippen LogP contribution in [0.2, 0.25) is 0 Å². The highest BCUT2D eigenvalue weighted by Crippen LogP contribution is 2.31. The number of thioether (sulfide) groups is 1. The van der Waals surface area contributed by atoms with Crippen LogP contribution in [0.4, 0.5) is 10.8 Å². The molecule has 0 unspecified atom stereocenters. The van der Waals surface area contributed by atoms with Crippen LogP contribution in [-0.4, -0.2) is 35.1 Å². The van der Waals surface area contributed by atoms with Crippen LogP contribution in [0, 0.1) is 0 Å². The zero-order valence-electron chi connectivity index (χ0n) is 16.1. The summed E-state index contributed by atoms with van der Waals surface area (Å²) >= 11 is 2.72. The van der Waals surface area contributed by atoms with E-state index < -0.39 is 0 Å². The van der Waals surface area contributed by atoms with Gasteiger partial charge in [-0.1, -0.05) is 23.1 Å². The van der Waals surface area contributed by atoms with Crippen molar-refractivity contribution in [2.75, 3.05) is 29.6 Å². The van der Waals surface area contributed by atoms with E-state index in [1.165, 1.54) is 23.1 Å². The molecule has 0 bridgehead atoms. The van der Waals surface area contributed by atoms with Crippen LogP contribution < -0.4 is 20.1 Å². The minimum Gasteiger partial charge on any atom is -0.490 e. The van der Waals surface area contributed by atoms with Crippen LogP contribution in [0.3, 0.4) is 0 Å². The molecule has 0 atom stereocenters. The van der Waals surface area contributed by atoms with Crippen molar-refractivity contribution in [1.29, 1.82) is 0 Å². The summed E-state index contributed by atoms with van der Waals surface area (Å²) in [6.07, 6.45) is 1.62. The Morgan fingerprint density at radius 2 is 2.00 bits per heavy atom. The van der Waals surface area contributed by atoms with Gasteiger partial charge in [-0.15, -0.1) is 10.2 Å². The van der Waals surface area contributed by atoms with Crippen molar-refractivity contribution >= 4 is 39.8 Å². The zero-order valence-corrected chi connectivity index (χ0v) is 17.8. The first-order valence-electron chi connectivity index (χ1n) is 9.10. The van der Waals surface area contributed by atoms with Crippen molar-refractivity contribution in [1.82, 2.24) is 10.2 Å². The van der Waals surface area contributed by atoms with Crippen molar-refractivity contribution in [2.45, 2.75) is 24.7 Å². The molecular formula is C19H22N4O4S2. The van der Waals surface area contributed by atoms with Crippen molar-refractivity contribution < 1.29 is 18.7 Å². The molecular weight excluding hydrogens is 412 g/mol. The van der Waals surface area contributed by atoms with Gasteiger partial charge in [0.05, 0.1) is 31.8 Å². The fraction of sp³-hybridized carbons (Fsp3) is 0.316. The van der Waals surface area contributed by atoms with Gasteiger partial charge in [-0.25, -0.2) is 0 Å². The van der Waals surface area contributed by atoms with Crippen LogP contribution in [0.1, 0.15) is 19.6 Å². The number of benzene rings is 1. The average Bonchev–Trinajstić information content (AvgIpc) is 3.39. The number of furan rings is 1. The van der Waals surface area contributed by atoms with Crippen molar-refractivity contribution in [2.24, 2.45) is 0 Å². The molecule has 0 spiro atoms. The van der Waals surface area contributed by atoms with Gasteiger partial charge < -0.3 is 24.5 Å². The van der Waals surface area contributed by atoms with Crippen molar-refractivity contribution in [3.8, 4) is 11.5 Å². The number of amides is 1. The highest BCUT2D eigenvalue weighted by molar-refractivity contribution is 8.01. The van der Waals surface area contributed by atoms with E-state index in [0.29, 0.717) is 46.4 Å². The summed E-state index contributed by atoms with van der Waals surface area (Å²) < 4.78 is 17.1. The molecule has 29 heavy (non-hydrogen) atoms. The Kier molecular flexibility index (Phi) is 7.77. The molecule has 0 saturated heterocycles. The third-order valence-electron chi connectivity index (χ3n) is 3.55. The van der Waals surface area contributed by atoms with Gasteiger partial charge in [0.15, 0.2) is 15.8 Å². The Hall–Kier alpha value is -2.72. The second-order valence-corrected chi connectivity index (χ2v) is 7.87. The van der Waals surface area contributed by atoms with Crippen LogP contribution in [-0.2, 0) is 11.3 Å². The number of nitrogens with zero attached hydrogens (tertiary/aromatic N) is 2. The zero-order chi connectivity index (χ0) is 20.5. The average molecular weight is 435 g/mol. The predicted octanol–water partition coefficient (Wildman–Crippen LogP) is 4.27. The number of aromatic nitrogens is 2. The maximum absolute atomic E-state index is 12.3. The molecule has 2 heterocycles. The van der Waals surface area contributed by atoms with Gasteiger partial charge in [-0.05, 0) is 38.1 Å². The van der Waals surface area contributed by atoms with E-state index >= 15 is 0 Å². The summed E-state index contributed by atoms with van der Waals surface area (Å²) in [4.78, 5) is 12.3. The second-order valence-electron chi connectivity index (χ2n) is 5.67. The van der Waals surface area contributed by atoms with E-state index in [2.05, 4.69) is 20.8 Å². The third kappa shape index (κ3) is 6.40. The van der Waals surface area contributed by atoms with E-state index in [1.54, 1.807) is 24.5 Å². The fourth-order valence-corrected chi connectivity index (χ4v) is 3.92. The Morgan fingerprint density at radius 1 is 1.17 bits per heavy atom. The molecule has 0 saturated carbocycles. The lowest BCUT2D eigenvalue weighted by molar-refractivity contribution is -0.113. The van der Waals surface area contributed by atoms with Gasteiger partial charge in [0.2, 0.25) is 11.0 Å². The molecule has 1 amide bonds. The number of carbonyl (C=O) groups is 1. The van der Waals surface area contributed by atoms with Crippen LogP contribution >= 0.6 is 23.1 Å². The standard InChI is InChI=1S/C19H22N4O4S2/c1-3-25-15-8-7-13(10-16(15)26-4-2)21-17(24)12-28-19-23-22-18(29-19)20-11-14-6-5-9-27-14/h5-10H,3-4,11-12H2,1-2H3,(H,20,22)(H,21,24). The van der Waals surface area contributed by atoms with E-state index in [9.17, 15) is 4.79 Å². The lowest BCUT2D eigenvalue weighted by Gasteiger charge is -2.12. The van der Waals surface area contributed by atoms with E-state index in [-0.39, 0.29) is 11.7 Å². The largest absolute Gasteiger partial charge is 0.490 e. The molecule has 2 N–H and O–H groups in total. The van der Waals surface area contributed by atoms with Crippen LogP contribution in [0.25, 0.3) is 0 Å². The lowest BCUT2D eigenvalue weighted by Crippen LogP contribution is -2.14. The van der Waals surface area contributed by atoms with E-state index in [0.717, 1.165) is 5.76 Å². The smallest absolute Gasteiger partial charge is 0.234 e. The molecule has 3 aromatic rings. The predicted molar refractivity (Wildman–Crippen MR) is 114 cm³/mol. The maximum Gasteiger partial charge on any atom is 0.234 e. The third-order valence-corrected chi connectivity index (χ3v) is 5.57. The molecule has 3 rings (SSSR count). The Bertz CT molecular complexity index is 915. The molecule has 0 aliphatic carbocycles. The van der Waals surface area contributed by atoms with Gasteiger partial charge >= 0.3 is 0 Å². The summed E-state index contributed by atoms with van der Waals surface area (Å²) in [7, 11) is 0. The molecule has 8 nitrogen and oxygen atoms in total. The molecule has 0 aliphatic heterocycles. The summed E-state index contributed by atoms with van der Waals surface area (Å²) in [5.41, 5.74) is 0.653. The summed E-state index contributed by atoms with van der Waals surface area (Å²) in [6, 6.07) is 9.06. The number of nitrogens with one attached hydrogen (secondary N) is 2. The monoisotopic (exact) mass is 434 g/mol. The van der Waals surface area contributed by atoms with Gasteiger partial charge in [-0.3, -0.25) is 4.79 Å². The topological polar surface area (TPSA) is 98.5 Å². The van der Waals surface area contributed by atoms with Crippen molar-refractivity contribution in [3.05, 3.63) is 42.4 Å². The molecule has 0 fully saturated rings. The van der Waals surface area contributed by atoms with Gasteiger partial charge in [-0.2, -0.15) is 0 Å². The first-order valence-corrected chi connectivity index (χ1v) is 10.9. The molecule has 154 valence electrons. The fourth-order valence-electron chi connectivity index (χ4n) is 2.37. The number of carbonyl (C=O) groups excluding carboxylic acids is 1. The quantitative estimate of drug-likeness (QED) is 0.432. The molecule has 0 aliphatic rings. The number of ether oxygens (including phenoxy) is 2. The Labute approximate surface area is 177 Å². The normalized spacial score (nSPS) is 10.6. The number of rotatable bonds is 11. The van der Waals surface area contributed by atoms with E-state index in [1.807, 2.05) is 26.0 Å². The highest BCUT2D eigenvalue weighted by atomic mass is 32.2. The van der Waals surface area contributed by atoms with E-state index in [4.69, 9.17) is 13.9 Å². The first-order chi connectivity index (χ1) is 14.2. The minimum atomic E-state index is -0.137. The highest BCUT2D eigenvalue weighted by Gasteiger charge is 2.11. The van der Waals surface area contributed by atoms with Crippen LogP contribution in [0.5, 0.6) is 11.5 Å². The van der Waals surface area contributed by atoms with Crippen molar-refractivity contribution in [3.63, 3.8) is 0 Å². The van der Waals surface area contributed by atoms with Gasteiger partial charge in [0, 0.05) is 11.8 Å². The summed E-state index contributed by atoms with van der Waals surface area (Å²) in [6.45, 7) is 5.40. The molecule has 2 aromatic heterocycles. The molecule has 10 heteroatoms. The van der Waals surface area contributed by atoms with Gasteiger partial charge in [0.25, 0.3) is 0 Å². The summed E-state index contributed by atoms with van der Waals surface area (Å²) in [5.74, 6) is 2.17. The Balaban J connectivity index is 1.49. The number of hydrogen-bond donors (Lipinski definition) is 2. The lowest BCUT2D eigenvalue weighted by atomic mass is 10.2. The SMILES string of the molecule is CCOc1ccc(NC(=O)CSc2nnc(NCc3ccco3)s2)cc1OCC. The second kappa shape index (κ2) is 10.7. The van der Waals surface area contributed by atoms with Crippen LogP contribution in [0.15, 0.2) is 45.4 Å². The summed E-state index contributed by atoms with van der Waals surface area (Å²) in [5, 5.41) is 14.8. The maximum atomic E-state index is 12.3. The molecule has 1 aromatic carbocycles. The first kappa shape index (κ1) is 21.0.